The summed E-state index contributed by atoms with van der Waals surface area (Å²) in [7, 11) is 1.53. The van der Waals surface area contributed by atoms with Crippen LogP contribution in [0.15, 0.2) is 17.1 Å². The number of aromatic nitrogens is 5. The highest BCUT2D eigenvalue weighted by Gasteiger charge is 2.11. The number of H-pyrrole nitrogens is 1. The Morgan fingerprint density at radius 2 is 2.39 bits per heavy atom. The van der Waals surface area contributed by atoms with E-state index in [9.17, 15) is 4.79 Å². The van der Waals surface area contributed by atoms with Gasteiger partial charge in [0.15, 0.2) is 11.5 Å². The number of aromatic amines is 1. The van der Waals surface area contributed by atoms with Crippen molar-refractivity contribution in [2.24, 2.45) is 0 Å². The van der Waals surface area contributed by atoms with E-state index in [0.717, 1.165) is 0 Å². The van der Waals surface area contributed by atoms with Crippen LogP contribution < -0.4 is 5.69 Å². The van der Waals surface area contributed by atoms with Crippen LogP contribution in [0.5, 0.6) is 0 Å². The molecular weight excluding hydrogens is 258 g/mol. The summed E-state index contributed by atoms with van der Waals surface area (Å²) in [6.45, 7) is 0.233. The molecule has 0 aromatic carbocycles. The van der Waals surface area contributed by atoms with Gasteiger partial charge >= 0.3 is 5.69 Å². The molecule has 0 radical (unpaired) electrons. The minimum Gasteiger partial charge on any atom is -0.377 e. The predicted molar refractivity (Wildman–Crippen MR) is 64.6 cm³/mol. The van der Waals surface area contributed by atoms with E-state index in [4.69, 9.17) is 16.3 Å². The number of hydrogen-bond acceptors (Lipinski definition) is 5. The average molecular weight is 266 g/mol. The Morgan fingerprint density at radius 3 is 3.17 bits per heavy atom. The van der Waals surface area contributed by atoms with Crippen molar-refractivity contribution in [2.45, 2.75) is 6.61 Å². The number of ether oxygens (including phenoxy) is 1. The summed E-state index contributed by atoms with van der Waals surface area (Å²) in [6, 6.07) is 1.68. The number of fused-ring (bicyclic) bond motifs is 3. The maximum atomic E-state index is 11.8. The second-order valence-corrected chi connectivity index (χ2v) is 4.11. The van der Waals surface area contributed by atoms with Crippen LogP contribution in [0, 0.1) is 0 Å². The molecule has 0 aliphatic carbocycles. The fraction of sp³-hybridized carbons (Fsp3) is 0.200. The zero-order valence-corrected chi connectivity index (χ0v) is 10.1. The van der Waals surface area contributed by atoms with Crippen molar-refractivity contribution in [1.82, 2.24) is 24.6 Å². The summed E-state index contributed by atoms with van der Waals surface area (Å²) in [4.78, 5) is 22.7. The van der Waals surface area contributed by atoms with E-state index >= 15 is 0 Å². The molecule has 0 aliphatic rings. The standard InChI is InChI=1S/C10H8ClN5O2/c1-18-4-7-13-9-6-2-5(11)3-12-8(6)14-10(17)16(9)15-7/h2-3H,4H2,1H3,(H,12,14,17). The molecule has 3 heterocycles. The van der Waals surface area contributed by atoms with Crippen molar-refractivity contribution >= 4 is 28.3 Å². The lowest BCUT2D eigenvalue weighted by molar-refractivity contribution is 0.178. The molecule has 7 nitrogen and oxygen atoms in total. The molecule has 18 heavy (non-hydrogen) atoms. The Morgan fingerprint density at radius 1 is 1.56 bits per heavy atom. The van der Waals surface area contributed by atoms with Crippen molar-refractivity contribution in [3.8, 4) is 0 Å². The van der Waals surface area contributed by atoms with Crippen molar-refractivity contribution in [2.75, 3.05) is 7.11 Å². The van der Waals surface area contributed by atoms with Gasteiger partial charge in [-0.1, -0.05) is 11.6 Å². The minimum atomic E-state index is -0.401. The molecule has 8 heteroatoms. The molecule has 3 aromatic heterocycles. The first-order valence-electron chi connectivity index (χ1n) is 5.11. The molecule has 0 amide bonds. The lowest BCUT2D eigenvalue weighted by atomic mass is 10.3. The quantitative estimate of drug-likeness (QED) is 0.740. The Bertz CT molecular complexity index is 794. The van der Waals surface area contributed by atoms with Gasteiger partial charge in [0.05, 0.1) is 10.4 Å². The van der Waals surface area contributed by atoms with Gasteiger partial charge in [0.1, 0.15) is 12.3 Å². The van der Waals surface area contributed by atoms with Gasteiger partial charge < -0.3 is 4.74 Å². The average Bonchev–Trinajstić information content (AvgIpc) is 2.76. The van der Waals surface area contributed by atoms with Gasteiger partial charge in [-0.25, -0.2) is 14.8 Å². The number of methoxy groups -OCH3 is 1. The van der Waals surface area contributed by atoms with Gasteiger partial charge in [-0.2, -0.15) is 4.52 Å². The highest BCUT2D eigenvalue weighted by atomic mass is 35.5. The summed E-state index contributed by atoms with van der Waals surface area (Å²) in [5.74, 6) is 0.426. The first-order chi connectivity index (χ1) is 8.69. The largest absolute Gasteiger partial charge is 0.377 e. The molecule has 92 valence electrons. The highest BCUT2D eigenvalue weighted by molar-refractivity contribution is 6.31. The number of halogens is 1. The zero-order chi connectivity index (χ0) is 12.7. The third-order valence-electron chi connectivity index (χ3n) is 2.44. The SMILES string of the molecule is COCc1nc2c3cc(Cl)cnc3[nH]c(=O)n2n1. The first-order valence-corrected chi connectivity index (χ1v) is 5.49. The first kappa shape index (κ1) is 11.1. The summed E-state index contributed by atoms with van der Waals surface area (Å²) >= 11 is 5.89. The van der Waals surface area contributed by atoms with Crippen molar-refractivity contribution in [3.63, 3.8) is 0 Å². The van der Waals surface area contributed by atoms with Crippen molar-refractivity contribution < 1.29 is 4.74 Å². The van der Waals surface area contributed by atoms with Crippen LogP contribution in [0.2, 0.25) is 5.02 Å². The minimum absolute atomic E-state index is 0.233. The van der Waals surface area contributed by atoms with E-state index in [2.05, 4.69) is 20.1 Å². The zero-order valence-electron chi connectivity index (χ0n) is 9.35. The molecule has 3 rings (SSSR count). The van der Waals surface area contributed by atoms with Gasteiger partial charge in [0, 0.05) is 13.3 Å². The third kappa shape index (κ3) is 1.64. The fourth-order valence-corrected chi connectivity index (χ4v) is 1.88. The Labute approximate surface area is 105 Å². The number of pyridine rings is 1. The van der Waals surface area contributed by atoms with E-state index < -0.39 is 5.69 Å². The topological polar surface area (TPSA) is 85.2 Å². The second-order valence-electron chi connectivity index (χ2n) is 3.68. The van der Waals surface area contributed by atoms with Crippen molar-refractivity contribution in [1.29, 1.82) is 0 Å². The van der Waals surface area contributed by atoms with Crippen LogP contribution in [0.1, 0.15) is 5.82 Å². The van der Waals surface area contributed by atoms with Gasteiger partial charge in [-0.3, -0.25) is 4.98 Å². The summed E-state index contributed by atoms with van der Waals surface area (Å²) in [5.41, 5.74) is 0.436. The third-order valence-corrected chi connectivity index (χ3v) is 2.64. The molecule has 0 aliphatic heterocycles. The molecule has 0 spiro atoms. The van der Waals surface area contributed by atoms with Crippen LogP contribution in [0.25, 0.3) is 16.7 Å². The van der Waals surface area contributed by atoms with Gasteiger partial charge in [-0.15, -0.1) is 5.10 Å². The summed E-state index contributed by atoms with van der Waals surface area (Å²) < 4.78 is 6.12. The maximum absolute atomic E-state index is 11.8. The monoisotopic (exact) mass is 265 g/mol. The number of nitrogens with one attached hydrogen (secondary N) is 1. The van der Waals surface area contributed by atoms with E-state index in [1.165, 1.54) is 17.8 Å². The molecule has 0 saturated carbocycles. The molecular formula is C10H8ClN5O2. The summed E-state index contributed by atoms with van der Waals surface area (Å²) in [6.07, 6.45) is 1.46. The fourth-order valence-electron chi connectivity index (χ4n) is 1.72. The van der Waals surface area contributed by atoms with E-state index in [-0.39, 0.29) is 6.61 Å². The highest BCUT2D eigenvalue weighted by Crippen LogP contribution is 2.17. The molecule has 0 saturated heterocycles. The van der Waals surface area contributed by atoms with Crippen LogP contribution in [-0.2, 0) is 11.3 Å². The Kier molecular flexibility index (Phi) is 2.49. The van der Waals surface area contributed by atoms with Crippen LogP contribution >= 0.6 is 11.6 Å². The van der Waals surface area contributed by atoms with Gasteiger partial charge in [0.25, 0.3) is 0 Å². The maximum Gasteiger partial charge on any atom is 0.349 e. The molecule has 0 atom stereocenters. The lowest BCUT2D eigenvalue weighted by Gasteiger charge is -1.98. The summed E-state index contributed by atoms with van der Waals surface area (Å²) in [5, 5.41) is 5.15. The normalized spacial score (nSPS) is 11.4. The number of nitrogens with zero attached hydrogens (tertiary/aromatic N) is 4. The number of hydrogen-bond donors (Lipinski definition) is 1. The smallest absolute Gasteiger partial charge is 0.349 e. The predicted octanol–water partition coefficient (Wildman–Crippen LogP) is 0.766. The van der Waals surface area contributed by atoms with Gasteiger partial charge in [0.2, 0.25) is 0 Å². The van der Waals surface area contributed by atoms with E-state index in [1.54, 1.807) is 6.07 Å². The molecule has 0 fully saturated rings. The lowest BCUT2D eigenvalue weighted by Crippen LogP contribution is -2.18. The van der Waals surface area contributed by atoms with Crippen LogP contribution in [0.3, 0.4) is 0 Å². The van der Waals surface area contributed by atoms with Crippen molar-refractivity contribution in [3.05, 3.63) is 33.6 Å². The van der Waals surface area contributed by atoms with Crippen LogP contribution in [0.4, 0.5) is 0 Å². The van der Waals surface area contributed by atoms with E-state index in [0.29, 0.717) is 27.5 Å². The molecule has 0 bridgehead atoms. The van der Waals surface area contributed by atoms with E-state index in [1.807, 2.05) is 0 Å². The van der Waals surface area contributed by atoms with Gasteiger partial charge in [-0.05, 0) is 6.07 Å². The molecule has 0 unspecified atom stereocenters. The molecule has 1 N–H and O–H groups in total. The molecule has 3 aromatic rings. The van der Waals surface area contributed by atoms with Crippen LogP contribution in [-0.4, -0.2) is 31.7 Å². The Hall–Kier alpha value is -1.99. The number of rotatable bonds is 2. The second kappa shape index (κ2) is 4.04. The Balaban J connectivity index is 2.43.